The van der Waals surface area contributed by atoms with E-state index in [1.807, 2.05) is 0 Å². The average molecular weight is 100 g/mol. The van der Waals surface area contributed by atoms with Crippen LogP contribution in [0.25, 0.3) is 0 Å². The van der Waals surface area contributed by atoms with Gasteiger partial charge in [-0.1, -0.05) is 0 Å². The van der Waals surface area contributed by atoms with E-state index in [-0.39, 0.29) is 0 Å². The number of nitrogens with one attached hydrogen (secondary N) is 1. The van der Waals surface area contributed by atoms with Crippen molar-refractivity contribution < 1.29 is 0 Å². The lowest BCUT2D eigenvalue weighted by atomic mass is 10.9. The molecule has 0 spiro atoms. The zero-order valence-corrected chi connectivity index (χ0v) is 3.90. The number of rotatable bonds is 0. The third-order valence-corrected chi connectivity index (χ3v) is 0.910. The van der Waals surface area contributed by atoms with E-state index in [0.29, 0.717) is 0 Å². The minimum atomic E-state index is 1.47. The van der Waals surface area contributed by atoms with Crippen LogP contribution in [0.1, 0.15) is 0 Å². The van der Waals surface area contributed by atoms with Crippen LogP contribution in [0.4, 0.5) is 0 Å². The fourth-order valence-corrected chi connectivity index (χ4v) is 0.540. The molecule has 1 aliphatic rings. The first-order valence-corrected chi connectivity index (χ1v) is 2.46. The van der Waals surface area contributed by atoms with Crippen LogP contribution in [-0.2, 0) is 0 Å². The van der Waals surface area contributed by atoms with Gasteiger partial charge in [0, 0.05) is 12.4 Å². The molecule has 0 saturated carbocycles. The average Bonchev–Trinajstić information content (AvgIpc) is 1.72. The molecule has 0 unspecified atom stereocenters. The lowest BCUT2D eigenvalue weighted by Gasteiger charge is -1.92. The highest BCUT2D eigenvalue weighted by Gasteiger charge is 1.75. The van der Waals surface area contributed by atoms with E-state index in [9.17, 15) is 0 Å². The van der Waals surface area contributed by atoms with E-state index >= 15 is 0 Å². The van der Waals surface area contributed by atoms with Gasteiger partial charge in [0.05, 0.1) is 5.55 Å². The van der Waals surface area contributed by atoms with Crippen LogP contribution in [0.5, 0.6) is 0 Å². The predicted octanol–water partition coefficient (Wildman–Crippen LogP) is 0.737. The van der Waals surface area contributed by atoms with Crippen molar-refractivity contribution in [1.82, 2.24) is 4.72 Å². The first-order valence-electron chi connectivity index (χ1n) is 1.58. The van der Waals surface area contributed by atoms with Crippen molar-refractivity contribution in [3.8, 4) is 0 Å². The molecule has 0 aromatic rings. The van der Waals surface area contributed by atoms with Gasteiger partial charge in [0.2, 0.25) is 0 Å². The van der Waals surface area contributed by atoms with Crippen molar-refractivity contribution in [1.29, 1.82) is 0 Å². The molecule has 0 atom stereocenters. The van der Waals surface area contributed by atoms with Gasteiger partial charge in [-0.25, -0.2) is 0 Å². The normalized spacial score (nSPS) is 17.3. The summed E-state index contributed by atoms with van der Waals surface area (Å²) in [6, 6.07) is 0. The maximum atomic E-state index is 3.77. The Morgan fingerprint density at radius 1 is 1.67 bits per heavy atom. The van der Waals surface area contributed by atoms with Crippen molar-refractivity contribution in [2.75, 3.05) is 0 Å². The van der Waals surface area contributed by atoms with Gasteiger partial charge in [0.25, 0.3) is 0 Å². The molecule has 0 bridgehead atoms. The second-order valence-corrected chi connectivity index (χ2v) is 1.49. The van der Waals surface area contributed by atoms with Gasteiger partial charge in [-0.2, -0.15) is 0 Å². The Kier molecular flexibility index (Phi) is 1.17. The molecule has 1 heterocycles. The minimum Gasteiger partial charge on any atom is -0.330 e. The molecular formula is C3H4N2S. The molecule has 1 N–H and O–H groups in total. The summed E-state index contributed by atoms with van der Waals surface area (Å²) in [5, 5.41) is 0. The smallest absolute Gasteiger partial charge is 0.0806 e. The molecule has 32 valence electrons. The molecule has 1 rings (SSSR count). The lowest BCUT2D eigenvalue weighted by molar-refractivity contribution is 1.37. The Balaban J connectivity index is 2.46. The summed E-state index contributed by atoms with van der Waals surface area (Å²) in [6.07, 6.45) is 3.49. The Labute approximate surface area is 40.5 Å². The number of nitrogens with zero attached hydrogens (tertiary/aromatic N) is 1. The van der Waals surface area contributed by atoms with Crippen LogP contribution in [0.15, 0.2) is 17.4 Å². The Hall–Kier alpha value is -0.440. The zero-order valence-electron chi connectivity index (χ0n) is 3.09. The van der Waals surface area contributed by atoms with Gasteiger partial charge >= 0.3 is 0 Å². The molecule has 1 aliphatic heterocycles. The largest absolute Gasteiger partial charge is 0.330 e. The molecule has 0 aliphatic carbocycles. The van der Waals surface area contributed by atoms with Crippen LogP contribution in [0.2, 0.25) is 0 Å². The second-order valence-electron chi connectivity index (χ2n) is 0.806. The monoisotopic (exact) mass is 100 g/mol. The number of hydrogen-bond donors (Lipinski definition) is 1. The van der Waals surface area contributed by atoms with Gasteiger partial charge in [-0.15, -0.1) is 0 Å². The molecular weight excluding hydrogens is 96.1 g/mol. The van der Waals surface area contributed by atoms with Crippen molar-refractivity contribution in [2.24, 2.45) is 4.99 Å². The Morgan fingerprint density at radius 3 is 2.83 bits per heavy atom. The first-order chi connectivity index (χ1) is 3.00. The Bertz CT molecular complexity index is 74.8. The lowest BCUT2D eigenvalue weighted by Crippen LogP contribution is -1.91. The standard InChI is InChI=1S/C3H4N2S/c1-2-5-6-3-4-1/h1-3,5H. The third-order valence-electron chi connectivity index (χ3n) is 0.410. The maximum Gasteiger partial charge on any atom is 0.0806 e. The molecule has 0 saturated heterocycles. The van der Waals surface area contributed by atoms with Gasteiger partial charge in [0.15, 0.2) is 0 Å². The molecule has 0 amide bonds. The maximum absolute atomic E-state index is 3.77. The number of hydrogen-bond acceptors (Lipinski definition) is 3. The zero-order chi connectivity index (χ0) is 4.24. The number of aliphatic imine (C=N–C) groups is 1. The van der Waals surface area contributed by atoms with Crippen LogP contribution < -0.4 is 4.72 Å². The molecule has 6 heavy (non-hydrogen) atoms. The highest BCUT2D eigenvalue weighted by Crippen LogP contribution is 1.91. The summed E-state index contributed by atoms with van der Waals surface area (Å²) < 4.78 is 2.87. The molecule has 3 heteroatoms. The van der Waals surface area contributed by atoms with Crippen LogP contribution in [0, 0.1) is 0 Å². The summed E-state index contributed by atoms with van der Waals surface area (Å²) >= 11 is 1.47. The fourth-order valence-electron chi connectivity index (χ4n) is 0.209. The molecule has 0 fully saturated rings. The van der Waals surface area contributed by atoms with Crippen molar-refractivity contribution in [2.45, 2.75) is 0 Å². The van der Waals surface area contributed by atoms with Crippen LogP contribution in [0.3, 0.4) is 0 Å². The Morgan fingerprint density at radius 2 is 2.67 bits per heavy atom. The van der Waals surface area contributed by atoms with E-state index in [2.05, 4.69) is 9.71 Å². The molecule has 2 nitrogen and oxygen atoms in total. The molecule has 0 radical (unpaired) electrons. The van der Waals surface area contributed by atoms with Gasteiger partial charge in [-0.3, -0.25) is 4.99 Å². The highest BCUT2D eigenvalue weighted by atomic mass is 32.2. The van der Waals surface area contributed by atoms with Gasteiger partial charge < -0.3 is 4.72 Å². The second kappa shape index (κ2) is 1.87. The first kappa shape index (κ1) is 3.74. The van der Waals surface area contributed by atoms with E-state index in [1.54, 1.807) is 17.9 Å². The quantitative estimate of drug-likeness (QED) is 0.454. The summed E-state index contributed by atoms with van der Waals surface area (Å²) in [7, 11) is 0. The van der Waals surface area contributed by atoms with Crippen molar-refractivity contribution in [3.63, 3.8) is 0 Å². The minimum absolute atomic E-state index is 1.47. The van der Waals surface area contributed by atoms with Crippen molar-refractivity contribution >= 4 is 17.5 Å². The molecule has 0 aromatic carbocycles. The highest BCUT2D eigenvalue weighted by molar-refractivity contribution is 8.10. The van der Waals surface area contributed by atoms with E-state index in [4.69, 9.17) is 0 Å². The van der Waals surface area contributed by atoms with E-state index < -0.39 is 0 Å². The topological polar surface area (TPSA) is 24.4 Å². The van der Waals surface area contributed by atoms with Crippen molar-refractivity contribution in [3.05, 3.63) is 12.4 Å². The van der Waals surface area contributed by atoms with Crippen LogP contribution in [-0.4, -0.2) is 5.55 Å². The summed E-state index contributed by atoms with van der Waals surface area (Å²) in [6.45, 7) is 0. The fraction of sp³-hybridized carbons (Fsp3) is 0. The molecule has 0 aromatic heterocycles. The van der Waals surface area contributed by atoms with E-state index in [0.717, 1.165) is 0 Å². The van der Waals surface area contributed by atoms with Gasteiger partial charge in [0.1, 0.15) is 0 Å². The van der Waals surface area contributed by atoms with Gasteiger partial charge in [-0.05, 0) is 11.9 Å². The summed E-state index contributed by atoms with van der Waals surface area (Å²) in [4.78, 5) is 3.77. The SMILES string of the molecule is C1=CNSC=N1. The summed E-state index contributed by atoms with van der Waals surface area (Å²) in [5.41, 5.74) is 1.74. The predicted molar refractivity (Wildman–Crippen MR) is 28.4 cm³/mol. The third kappa shape index (κ3) is 0.755. The van der Waals surface area contributed by atoms with Crippen LogP contribution >= 0.6 is 11.9 Å². The van der Waals surface area contributed by atoms with E-state index in [1.165, 1.54) is 11.9 Å². The summed E-state index contributed by atoms with van der Waals surface area (Å²) in [5.74, 6) is 0.